The molecule has 0 aliphatic rings. The molecule has 0 saturated heterocycles. The number of fused-ring (bicyclic) bond motifs is 1. The van der Waals surface area contributed by atoms with Crippen LogP contribution >= 0.6 is 27.3 Å². The molecular formula is C15H14BrN3OS. The first-order valence-corrected chi connectivity index (χ1v) is 8.16. The third-order valence-electron chi connectivity index (χ3n) is 3.20. The van der Waals surface area contributed by atoms with Gasteiger partial charge in [-0.05, 0) is 24.6 Å². The van der Waals surface area contributed by atoms with Crippen molar-refractivity contribution in [1.82, 2.24) is 9.97 Å². The average molecular weight is 364 g/mol. The molecule has 4 nitrogen and oxygen atoms in total. The number of aryl methyl sites for hydroxylation is 1. The number of aliphatic hydroxyl groups is 1. The van der Waals surface area contributed by atoms with Crippen LogP contribution in [0.3, 0.4) is 0 Å². The van der Waals surface area contributed by atoms with Gasteiger partial charge in [0.15, 0.2) is 0 Å². The molecule has 3 rings (SSSR count). The number of halogens is 1. The minimum atomic E-state index is 0.0717. The van der Waals surface area contributed by atoms with Gasteiger partial charge < -0.3 is 10.4 Å². The lowest BCUT2D eigenvalue weighted by Crippen LogP contribution is -2.07. The highest BCUT2D eigenvalue weighted by Crippen LogP contribution is 2.40. The Balaban J connectivity index is 2.21. The number of thiophene rings is 1. The number of aliphatic hydroxyl groups excluding tert-OH is 1. The number of anilines is 1. The van der Waals surface area contributed by atoms with Crippen molar-refractivity contribution in [3.8, 4) is 11.1 Å². The topological polar surface area (TPSA) is 58.0 Å². The predicted octanol–water partition coefficient (Wildman–Crippen LogP) is 3.83. The highest BCUT2D eigenvalue weighted by atomic mass is 79.9. The van der Waals surface area contributed by atoms with E-state index in [-0.39, 0.29) is 6.61 Å². The van der Waals surface area contributed by atoms with Crippen LogP contribution in [0, 0.1) is 6.92 Å². The number of rotatable bonds is 4. The van der Waals surface area contributed by atoms with E-state index in [0.29, 0.717) is 6.54 Å². The van der Waals surface area contributed by atoms with Crippen molar-refractivity contribution in [3.05, 3.63) is 39.9 Å². The fourth-order valence-electron chi connectivity index (χ4n) is 2.32. The zero-order chi connectivity index (χ0) is 14.8. The summed E-state index contributed by atoms with van der Waals surface area (Å²) in [5.41, 5.74) is 2.30. The summed E-state index contributed by atoms with van der Waals surface area (Å²) in [6, 6.07) is 8.23. The van der Waals surface area contributed by atoms with Crippen molar-refractivity contribution in [3.63, 3.8) is 0 Å². The summed E-state index contributed by atoms with van der Waals surface area (Å²) in [4.78, 5) is 10.9. The molecule has 0 amide bonds. The lowest BCUT2D eigenvalue weighted by Gasteiger charge is -2.08. The molecule has 2 heterocycles. The largest absolute Gasteiger partial charge is 0.395 e. The lowest BCUT2D eigenvalue weighted by molar-refractivity contribution is 0.311. The van der Waals surface area contributed by atoms with Gasteiger partial charge in [0, 0.05) is 21.5 Å². The molecule has 0 aliphatic carbocycles. The Morgan fingerprint density at radius 1 is 1.24 bits per heavy atom. The van der Waals surface area contributed by atoms with Crippen molar-refractivity contribution in [1.29, 1.82) is 0 Å². The number of benzene rings is 1. The van der Waals surface area contributed by atoms with Gasteiger partial charge in [0.2, 0.25) is 0 Å². The summed E-state index contributed by atoms with van der Waals surface area (Å²) < 4.78 is 1.05. The molecule has 0 atom stereocenters. The molecule has 6 heteroatoms. The van der Waals surface area contributed by atoms with E-state index in [4.69, 9.17) is 5.11 Å². The molecule has 0 radical (unpaired) electrons. The first-order chi connectivity index (χ1) is 10.2. The predicted molar refractivity (Wildman–Crippen MR) is 90.9 cm³/mol. The summed E-state index contributed by atoms with van der Waals surface area (Å²) in [7, 11) is 0. The molecule has 108 valence electrons. The Kier molecular flexibility index (Phi) is 4.19. The molecule has 3 aromatic rings. The number of hydrogen-bond donors (Lipinski definition) is 2. The Morgan fingerprint density at radius 2 is 2.00 bits per heavy atom. The maximum absolute atomic E-state index is 9.01. The van der Waals surface area contributed by atoms with E-state index in [9.17, 15) is 0 Å². The fourth-order valence-corrected chi connectivity index (χ4v) is 3.59. The number of nitrogens with one attached hydrogen (secondary N) is 1. The van der Waals surface area contributed by atoms with Crippen molar-refractivity contribution in [2.45, 2.75) is 6.92 Å². The van der Waals surface area contributed by atoms with Crippen LogP contribution < -0.4 is 5.32 Å². The highest BCUT2D eigenvalue weighted by Gasteiger charge is 2.16. The third kappa shape index (κ3) is 2.79. The molecular weight excluding hydrogens is 350 g/mol. The van der Waals surface area contributed by atoms with Gasteiger partial charge >= 0.3 is 0 Å². The maximum atomic E-state index is 9.01. The molecule has 1 aromatic carbocycles. The summed E-state index contributed by atoms with van der Waals surface area (Å²) in [6.07, 6.45) is 1.56. The van der Waals surface area contributed by atoms with E-state index in [2.05, 4.69) is 50.3 Å². The first kappa shape index (κ1) is 14.4. The van der Waals surface area contributed by atoms with Crippen LogP contribution in [0.2, 0.25) is 0 Å². The molecule has 0 fully saturated rings. The minimum absolute atomic E-state index is 0.0717. The standard InChI is InChI=1S/C15H14BrN3OS/c1-9-12(10-2-4-11(16)5-3-10)13-14(17-6-7-20)18-8-19-15(13)21-9/h2-5,8,20H,6-7H2,1H3,(H,17,18,19). The van der Waals surface area contributed by atoms with Gasteiger partial charge in [-0.2, -0.15) is 0 Å². The summed E-state index contributed by atoms with van der Waals surface area (Å²) in [5.74, 6) is 0.774. The summed E-state index contributed by atoms with van der Waals surface area (Å²) in [5, 5.41) is 13.2. The van der Waals surface area contributed by atoms with Crippen LogP contribution in [-0.4, -0.2) is 28.2 Å². The van der Waals surface area contributed by atoms with Gasteiger partial charge in [-0.1, -0.05) is 28.1 Å². The van der Waals surface area contributed by atoms with E-state index in [0.717, 1.165) is 31.6 Å². The molecule has 0 bridgehead atoms. The van der Waals surface area contributed by atoms with Crippen molar-refractivity contribution in [2.24, 2.45) is 0 Å². The van der Waals surface area contributed by atoms with E-state index in [1.165, 1.54) is 4.88 Å². The SMILES string of the molecule is Cc1sc2ncnc(NCCO)c2c1-c1ccc(Br)cc1. The number of hydrogen-bond acceptors (Lipinski definition) is 5. The Bertz CT molecular complexity index is 770. The molecule has 0 unspecified atom stereocenters. The molecule has 0 spiro atoms. The highest BCUT2D eigenvalue weighted by molar-refractivity contribution is 9.10. The van der Waals surface area contributed by atoms with Crippen LogP contribution in [0.1, 0.15) is 4.88 Å². The normalized spacial score (nSPS) is 11.0. The van der Waals surface area contributed by atoms with Gasteiger partial charge in [0.1, 0.15) is 17.0 Å². The quantitative estimate of drug-likeness (QED) is 0.739. The second-order valence-electron chi connectivity index (χ2n) is 4.59. The van der Waals surface area contributed by atoms with Crippen LogP contribution in [0.5, 0.6) is 0 Å². The van der Waals surface area contributed by atoms with Crippen molar-refractivity contribution < 1.29 is 5.11 Å². The van der Waals surface area contributed by atoms with Crippen LogP contribution in [0.15, 0.2) is 35.1 Å². The zero-order valence-corrected chi connectivity index (χ0v) is 13.8. The molecule has 21 heavy (non-hydrogen) atoms. The van der Waals surface area contributed by atoms with E-state index < -0.39 is 0 Å². The maximum Gasteiger partial charge on any atom is 0.138 e. The molecule has 0 saturated carbocycles. The van der Waals surface area contributed by atoms with Gasteiger partial charge in [-0.25, -0.2) is 9.97 Å². The smallest absolute Gasteiger partial charge is 0.138 e. The number of nitrogens with zero attached hydrogens (tertiary/aromatic N) is 2. The number of aromatic nitrogens is 2. The lowest BCUT2D eigenvalue weighted by atomic mass is 10.0. The van der Waals surface area contributed by atoms with Crippen LogP contribution in [-0.2, 0) is 0 Å². The fraction of sp³-hybridized carbons (Fsp3) is 0.200. The van der Waals surface area contributed by atoms with Gasteiger partial charge in [-0.15, -0.1) is 11.3 Å². The Hall–Kier alpha value is -1.50. The van der Waals surface area contributed by atoms with Crippen molar-refractivity contribution >= 4 is 43.3 Å². The average Bonchev–Trinajstić information content (AvgIpc) is 2.82. The van der Waals surface area contributed by atoms with Gasteiger partial charge in [0.25, 0.3) is 0 Å². The van der Waals surface area contributed by atoms with E-state index in [1.54, 1.807) is 17.7 Å². The van der Waals surface area contributed by atoms with E-state index in [1.807, 2.05) is 12.1 Å². The molecule has 2 aromatic heterocycles. The monoisotopic (exact) mass is 363 g/mol. The van der Waals surface area contributed by atoms with Crippen LogP contribution in [0.4, 0.5) is 5.82 Å². The summed E-state index contributed by atoms with van der Waals surface area (Å²) >= 11 is 5.12. The van der Waals surface area contributed by atoms with Gasteiger partial charge in [0.05, 0.1) is 12.0 Å². The second kappa shape index (κ2) is 6.09. The minimum Gasteiger partial charge on any atom is -0.395 e. The second-order valence-corrected chi connectivity index (χ2v) is 6.71. The third-order valence-corrected chi connectivity index (χ3v) is 4.74. The van der Waals surface area contributed by atoms with Crippen LogP contribution in [0.25, 0.3) is 21.3 Å². The van der Waals surface area contributed by atoms with Gasteiger partial charge in [-0.3, -0.25) is 0 Å². The zero-order valence-electron chi connectivity index (χ0n) is 11.4. The Morgan fingerprint density at radius 3 is 2.71 bits per heavy atom. The molecule has 2 N–H and O–H groups in total. The Labute approximate surface area is 135 Å². The summed E-state index contributed by atoms with van der Waals surface area (Å²) in [6.45, 7) is 2.64. The first-order valence-electron chi connectivity index (χ1n) is 6.55. The van der Waals surface area contributed by atoms with Crippen molar-refractivity contribution in [2.75, 3.05) is 18.5 Å². The van der Waals surface area contributed by atoms with E-state index >= 15 is 0 Å². The molecule has 0 aliphatic heterocycles.